The number of hydrogen-bond acceptors (Lipinski definition) is 4. The van der Waals surface area contributed by atoms with Crippen molar-refractivity contribution in [3.05, 3.63) is 35.4 Å². The summed E-state index contributed by atoms with van der Waals surface area (Å²) in [4.78, 5) is 39.7. The van der Waals surface area contributed by atoms with Crippen molar-refractivity contribution in [1.82, 2.24) is 15.1 Å². The first-order chi connectivity index (χ1) is 12.6. The summed E-state index contributed by atoms with van der Waals surface area (Å²) < 4.78 is 5.44. The van der Waals surface area contributed by atoms with Gasteiger partial charge >= 0.3 is 6.03 Å². The number of ether oxygens (including phenoxy) is 1. The molecule has 0 spiro atoms. The van der Waals surface area contributed by atoms with Crippen LogP contribution in [0, 0.1) is 5.92 Å². The molecule has 2 saturated heterocycles. The number of imide groups is 1. The highest BCUT2D eigenvalue weighted by molar-refractivity contribution is 6.02. The van der Waals surface area contributed by atoms with E-state index in [4.69, 9.17) is 4.74 Å². The van der Waals surface area contributed by atoms with Gasteiger partial charge in [0.25, 0.3) is 5.91 Å². The first kappa shape index (κ1) is 17.0. The van der Waals surface area contributed by atoms with E-state index in [0.29, 0.717) is 17.5 Å². The highest BCUT2D eigenvalue weighted by atomic mass is 16.5. The molecule has 26 heavy (non-hydrogen) atoms. The van der Waals surface area contributed by atoms with Gasteiger partial charge in [0.2, 0.25) is 5.91 Å². The smallest absolute Gasteiger partial charge is 0.324 e. The third-order valence-corrected chi connectivity index (χ3v) is 5.18. The van der Waals surface area contributed by atoms with Gasteiger partial charge in [-0.3, -0.25) is 14.5 Å². The van der Waals surface area contributed by atoms with Crippen molar-refractivity contribution >= 4 is 17.8 Å². The van der Waals surface area contributed by atoms with Crippen molar-refractivity contribution in [2.45, 2.75) is 31.8 Å². The van der Waals surface area contributed by atoms with Gasteiger partial charge in [-0.15, -0.1) is 0 Å². The molecule has 0 unspecified atom stereocenters. The van der Waals surface area contributed by atoms with Crippen LogP contribution in [0.4, 0.5) is 4.79 Å². The van der Waals surface area contributed by atoms with Gasteiger partial charge < -0.3 is 15.0 Å². The van der Waals surface area contributed by atoms with E-state index >= 15 is 0 Å². The average molecular weight is 357 g/mol. The molecule has 1 aliphatic carbocycles. The Morgan fingerprint density at radius 2 is 2.12 bits per heavy atom. The third kappa shape index (κ3) is 3.58. The minimum absolute atomic E-state index is 0.0263. The van der Waals surface area contributed by atoms with Gasteiger partial charge in [-0.2, -0.15) is 0 Å². The monoisotopic (exact) mass is 357 g/mol. The second kappa shape index (κ2) is 7.07. The van der Waals surface area contributed by atoms with Gasteiger partial charge in [0.15, 0.2) is 0 Å². The van der Waals surface area contributed by atoms with Crippen molar-refractivity contribution in [1.29, 1.82) is 0 Å². The van der Waals surface area contributed by atoms with Crippen molar-refractivity contribution < 1.29 is 19.1 Å². The Bertz CT molecular complexity index is 709. The Morgan fingerprint density at radius 3 is 2.77 bits per heavy atom. The van der Waals surface area contributed by atoms with Crippen LogP contribution in [0.25, 0.3) is 0 Å². The van der Waals surface area contributed by atoms with Crippen LogP contribution in [0.5, 0.6) is 0 Å². The zero-order chi connectivity index (χ0) is 18.1. The van der Waals surface area contributed by atoms with Gasteiger partial charge in [-0.25, -0.2) is 4.79 Å². The number of benzene rings is 1. The van der Waals surface area contributed by atoms with E-state index in [2.05, 4.69) is 5.32 Å². The summed E-state index contributed by atoms with van der Waals surface area (Å²) in [6, 6.07) is 7.19. The Kier molecular flexibility index (Phi) is 4.63. The van der Waals surface area contributed by atoms with E-state index in [9.17, 15) is 14.4 Å². The molecule has 1 N–H and O–H groups in total. The summed E-state index contributed by atoms with van der Waals surface area (Å²) in [7, 11) is 0. The fourth-order valence-corrected chi connectivity index (χ4v) is 3.56. The average Bonchev–Trinajstić information content (AvgIpc) is 3.28. The molecular weight excluding hydrogens is 334 g/mol. The number of nitrogens with one attached hydrogen (secondary N) is 1. The molecule has 4 amide bonds. The van der Waals surface area contributed by atoms with Gasteiger partial charge in [-0.1, -0.05) is 12.1 Å². The maximum Gasteiger partial charge on any atom is 0.324 e. The van der Waals surface area contributed by atoms with Crippen molar-refractivity contribution in [3.63, 3.8) is 0 Å². The number of carbonyl (C=O) groups excluding carboxylic acids is 3. The SMILES string of the molecule is O=C1CNC(=O)N1Cc1cccc(C(=O)N(C[C@@H]2CCOC2)C2CC2)c1. The molecular formula is C19H23N3O4. The van der Waals surface area contributed by atoms with Crippen LogP contribution in [0.15, 0.2) is 24.3 Å². The highest BCUT2D eigenvalue weighted by Gasteiger charge is 2.35. The number of hydrogen-bond donors (Lipinski definition) is 1. The zero-order valence-corrected chi connectivity index (χ0v) is 14.6. The van der Waals surface area contributed by atoms with E-state index in [1.54, 1.807) is 12.1 Å². The van der Waals surface area contributed by atoms with Crippen LogP contribution in [-0.2, 0) is 16.1 Å². The number of urea groups is 1. The molecule has 4 rings (SSSR count). The van der Waals surface area contributed by atoms with Gasteiger partial charge in [0.1, 0.15) is 0 Å². The van der Waals surface area contributed by atoms with E-state index in [-0.39, 0.29) is 30.9 Å². The van der Waals surface area contributed by atoms with Crippen molar-refractivity contribution in [3.8, 4) is 0 Å². The van der Waals surface area contributed by atoms with E-state index < -0.39 is 0 Å². The summed E-state index contributed by atoms with van der Waals surface area (Å²) in [5.41, 5.74) is 1.39. The Labute approximate surface area is 152 Å². The van der Waals surface area contributed by atoms with Crippen LogP contribution in [0.2, 0.25) is 0 Å². The predicted octanol–water partition coefficient (Wildman–Crippen LogP) is 1.38. The van der Waals surface area contributed by atoms with E-state index in [0.717, 1.165) is 44.6 Å². The molecule has 1 aromatic carbocycles. The van der Waals surface area contributed by atoms with Crippen LogP contribution in [-0.4, -0.2) is 60.0 Å². The molecule has 0 aromatic heterocycles. The Hall–Kier alpha value is -2.41. The van der Waals surface area contributed by atoms with Gasteiger partial charge in [-0.05, 0) is 37.0 Å². The summed E-state index contributed by atoms with van der Waals surface area (Å²) in [5.74, 6) is 0.194. The first-order valence-corrected chi connectivity index (χ1v) is 9.17. The lowest BCUT2D eigenvalue weighted by Gasteiger charge is -2.25. The Balaban J connectivity index is 1.48. The molecule has 0 radical (unpaired) electrons. The lowest BCUT2D eigenvalue weighted by Crippen LogP contribution is -2.37. The number of rotatable bonds is 6. The van der Waals surface area contributed by atoms with Crippen molar-refractivity contribution in [2.24, 2.45) is 5.92 Å². The van der Waals surface area contributed by atoms with Crippen LogP contribution >= 0.6 is 0 Å². The predicted molar refractivity (Wildman–Crippen MR) is 93.4 cm³/mol. The molecule has 1 atom stereocenters. The van der Waals surface area contributed by atoms with Crippen LogP contribution < -0.4 is 5.32 Å². The van der Waals surface area contributed by atoms with Gasteiger partial charge in [0.05, 0.1) is 19.7 Å². The molecule has 1 saturated carbocycles. The minimum Gasteiger partial charge on any atom is -0.381 e. The number of nitrogens with zero attached hydrogens (tertiary/aromatic N) is 2. The molecule has 7 heteroatoms. The fraction of sp³-hybridized carbons (Fsp3) is 0.526. The number of carbonyl (C=O) groups is 3. The van der Waals surface area contributed by atoms with Gasteiger partial charge in [0, 0.05) is 30.7 Å². The highest BCUT2D eigenvalue weighted by Crippen LogP contribution is 2.30. The molecule has 0 bridgehead atoms. The zero-order valence-electron chi connectivity index (χ0n) is 14.6. The maximum atomic E-state index is 13.1. The molecule has 3 fully saturated rings. The normalized spacial score (nSPS) is 22.6. The molecule has 138 valence electrons. The fourth-order valence-electron chi connectivity index (χ4n) is 3.56. The largest absolute Gasteiger partial charge is 0.381 e. The minimum atomic E-state index is -0.382. The summed E-state index contributed by atoms with van der Waals surface area (Å²) in [5, 5.41) is 2.51. The third-order valence-electron chi connectivity index (χ3n) is 5.18. The molecule has 2 heterocycles. The Morgan fingerprint density at radius 1 is 1.27 bits per heavy atom. The second-order valence-electron chi connectivity index (χ2n) is 7.26. The molecule has 2 aliphatic heterocycles. The van der Waals surface area contributed by atoms with E-state index in [1.165, 1.54) is 4.90 Å². The quantitative estimate of drug-likeness (QED) is 0.780. The van der Waals surface area contributed by atoms with E-state index in [1.807, 2.05) is 17.0 Å². The summed E-state index contributed by atoms with van der Waals surface area (Å²) in [6.45, 7) is 2.46. The topological polar surface area (TPSA) is 79.0 Å². The number of amides is 4. The molecule has 3 aliphatic rings. The first-order valence-electron chi connectivity index (χ1n) is 9.17. The van der Waals surface area contributed by atoms with Crippen LogP contribution in [0.1, 0.15) is 35.2 Å². The maximum absolute atomic E-state index is 13.1. The lowest BCUT2D eigenvalue weighted by atomic mass is 10.1. The second-order valence-corrected chi connectivity index (χ2v) is 7.26. The van der Waals surface area contributed by atoms with Crippen molar-refractivity contribution in [2.75, 3.05) is 26.3 Å². The molecule has 1 aromatic rings. The molecule has 7 nitrogen and oxygen atoms in total. The lowest BCUT2D eigenvalue weighted by molar-refractivity contribution is -0.125. The summed E-state index contributed by atoms with van der Waals surface area (Å²) in [6.07, 6.45) is 3.12. The summed E-state index contributed by atoms with van der Waals surface area (Å²) >= 11 is 0. The van der Waals surface area contributed by atoms with Crippen LogP contribution in [0.3, 0.4) is 0 Å². The standard InChI is InChI=1S/C19H23N3O4/c23-17-9-20-19(25)22(17)10-13-2-1-3-15(8-13)18(24)21(16-4-5-16)11-14-6-7-26-12-14/h1-3,8,14,16H,4-7,9-12H2,(H,20,25)/t14-/m0/s1.